The van der Waals surface area contributed by atoms with Crippen molar-refractivity contribution in [2.24, 2.45) is 11.5 Å². The molecule has 0 atom stereocenters. The van der Waals surface area contributed by atoms with Gasteiger partial charge in [-0.15, -0.1) is 0 Å². The highest BCUT2D eigenvalue weighted by molar-refractivity contribution is 4.80. The van der Waals surface area contributed by atoms with Gasteiger partial charge >= 0.3 is 0 Å². The normalized spacial score (nSPS) is 14.5. The van der Waals surface area contributed by atoms with Crippen molar-refractivity contribution in [1.29, 1.82) is 0 Å². The summed E-state index contributed by atoms with van der Waals surface area (Å²) in [5.41, 5.74) is 10.7. The first-order valence-electron chi connectivity index (χ1n) is 6.36. The van der Waals surface area contributed by atoms with Crippen LogP contribution in [0.1, 0.15) is 54.4 Å². The first kappa shape index (κ1) is 16.8. The van der Waals surface area contributed by atoms with Gasteiger partial charge in [-0.2, -0.15) is 0 Å². The van der Waals surface area contributed by atoms with E-state index >= 15 is 0 Å². The van der Waals surface area contributed by atoms with Gasteiger partial charge in [0.05, 0.1) is 0 Å². The second-order valence-corrected chi connectivity index (χ2v) is 6.96. The molecule has 0 unspecified atom stereocenters. The second kappa shape index (κ2) is 5.65. The summed E-state index contributed by atoms with van der Waals surface area (Å²) in [6, 6.07) is 0. The quantitative estimate of drug-likeness (QED) is 0.591. The smallest absolute Gasteiger partial charge is 0.112 e. The predicted octanol–water partition coefficient (Wildman–Crippen LogP) is 1.27. The van der Waals surface area contributed by atoms with E-state index in [2.05, 4.69) is 0 Å². The van der Waals surface area contributed by atoms with Gasteiger partial charge in [-0.1, -0.05) is 0 Å². The first-order chi connectivity index (χ1) is 7.31. The van der Waals surface area contributed by atoms with Crippen molar-refractivity contribution in [3.05, 3.63) is 0 Å². The van der Waals surface area contributed by atoms with Crippen LogP contribution in [0.3, 0.4) is 0 Å². The van der Waals surface area contributed by atoms with Gasteiger partial charge < -0.3 is 16.6 Å². The minimum Gasteiger partial charge on any atom is -0.376 e. The molecule has 5 N–H and O–H groups in total. The summed E-state index contributed by atoms with van der Waals surface area (Å²) in [5.74, 6) is 0. The Morgan fingerprint density at radius 1 is 0.824 bits per heavy atom. The molecule has 0 heterocycles. The molecule has 104 valence electrons. The lowest BCUT2D eigenvalue weighted by atomic mass is 9.99. The SMILES string of the molecule is CC(C)(N)CCN(CCC(C)(C)N)C(C)(C)O. The van der Waals surface area contributed by atoms with Crippen molar-refractivity contribution in [2.75, 3.05) is 13.1 Å². The molecule has 0 rings (SSSR count). The number of nitrogens with zero attached hydrogens (tertiary/aromatic N) is 1. The fourth-order valence-corrected chi connectivity index (χ4v) is 1.51. The largest absolute Gasteiger partial charge is 0.376 e. The Balaban J connectivity index is 4.37. The Morgan fingerprint density at radius 3 is 1.29 bits per heavy atom. The highest BCUT2D eigenvalue weighted by Crippen LogP contribution is 2.16. The first-order valence-corrected chi connectivity index (χ1v) is 6.36. The van der Waals surface area contributed by atoms with Crippen LogP contribution in [0.25, 0.3) is 0 Å². The topological polar surface area (TPSA) is 75.5 Å². The molecule has 0 amide bonds. The third-order valence-corrected chi connectivity index (χ3v) is 2.83. The molecule has 0 aromatic carbocycles. The van der Waals surface area contributed by atoms with Crippen LogP contribution < -0.4 is 11.5 Å². The zero-order chi connectivity index (χ0) is 13.9. The Labute approximate surface area is 106 Å². The van der Waals surface area contributed by atoms with Gasteiger partial charge in [0, 0.05) is 24.2 Å². The number of aliphatic hydroxyl groups is 1. The van der Waals surface area contributed by atoms with Crippen LogP contribution in [0.4, 0.5) is 0 Å². The van der Waals surface area contributed by atoms with E-state index in [-0.39, 0.29) is 11.1 Å². The molecular formula is C13H31N3O. The molecule has 0 radical (unpaired) electrons. The maximum absolute atomic E-state index is 10.1. The molecule has 0 aliphatic carbocycles. The van der Waals surface area contributed by atoms with Gasteiger partial charge in [0.1, 0.15) is 5.72 Å². The van der Waals surface area contributed by atoms with E-state index in [1.54, 1.807) is 13.8 Å². The van der Waals surface area contributed by atoms with E-state index in [4.69, 9.17) is 11.5 Å². The fraction of sp³-hybridized carbons (Fsp3) is 1.00. The molecule has 0 saturated carbocycles. The molecule has 4 heteroatoms. The van der Waals surface area contributed by atoms with E-state index in [9.17, 15) is 5.11 Å². The maximum atomic E-state index is 10.1. The van der Waals surface area contributed by atoms with Crippen molar-refractivity contribution in [3.8, 4) is 0 Å². The Bertz CT molecular complexity index is 202. The molecule has 0 aromatic heterocycles. The van der Waals surface area contributed by atoms with Crippen LogP contribution in [-0.2, 0) is 0 Å². The molecule has 4 nitrogen and oxygen atoms in total. The van der Waals surface area contributed by atoms with Gasteiger partial charge in [-0.05, 0) is 54.4 Å². The molecule has 0 spiro atoms. The van der Waals surface area contributed by atoms with Crippen LogP contribution in [0, 0.1) is 0 Å². The molecule has 17 heavy (non-hydrogen) atoms. The average molecular weight is 245 g/mol. The van der Waals surface area contributed by atoms with E-state index in [1.807, 2.05) is 32.6 Å². The molecule has 0 bridgehead atoms. The fourth-order valence-electron chi connectivity index (χ4n) is 1.51. The van der Waals surface area contributed by atoms with Crippen LogP contribution in [0.2, 0.25) is 0 Å². The van der Waals surface area contributed by atoms with Gasteiger partial charge in [0.25, 0.3) is 0 Å². The lowest BCUT2D eigenvalue weighted by Gasteiger charge is -2.37. The Morgan fingerprint density at radius 2 is 1.12 bits per heavy atom. The third-order valence-electron chi connectivity index (χ3n) is 2.83. The second-order valence-electron chi connectivity index (χ2n) is 6.96. The van der Waals surface area contributed by atoms with Crippen molar-refractivity contribution in [2.45, 2.75) is 71.2 Å². The van der Waals surface area contributed by atoms with Gasteiger partial charge in [0.15, 0.2) is 0 Å². The highest BCUT2D eigenvalue weighted by Gasteiger charge is 2.26. The number of hydrogen-bond donors (Lipinski definition) is 3. The Hall–Kier alpha value is -0.160. The minimum atomic E-state index is -0.823. The van der Waals surface area contributed by atoms with Crippen LogP contribution in [0.5, 0.6) is 0 Å². The lowest BCUT2D eigenvalue weighted by molar-refractivity contribution is -0.0823. The van der Waals surface area contributed by atoms with Crippen molar-refractivity contribution in [1.82, 2.24) is 4.90 Å². The summed E-state index contributed by atoms with van der Waals surface area (Å²) < 4.78 is 0. The van der Waals surface area contributed by atoms with E-state index in [0.717, 1.165) is 25.9 Å². The van der Waals surface area contributed by atoms with E-state index in [0.29, 0.717) is 0 Å². The molecule has 0 aromatic rings. The van der Waals surface area contributed by atoms with E-state index in [1.165, 1.54) is 0 Å². The highest BCUT2D eigenvalue weighted by atomic mass is 16.3. The van der Waals surface area contributed by atoms with Crippen molar-refractivity contribution in [3.63, 3.8) is 0 Å². The summed E-state index contributed by atoms with van der Waals surface area (Å²) in [5, 5.41) is 10.1. The summed E-state index contributed by atoms with van der Waals surface area (Å²) in [6.07, 6.45) is 1.70. The molecule has 0 aliphatic heterocycles. The third kappa shape index (κ3) is 9.53. The molecular weight excluding hydrogens is 214 g/mol. The van der Waals surface area contributed by atoms with E-state index < -0.39 is 5.72 Å². The van der Waals surface area contributed by atoms with Crippen LogP contribution >= 0.6 is 0 Å². The minimum absolute atomic E-state index is 0.207. The number of rotatable bonds is 7. The van der Waals surface area contributed by atoms with Gasteiger partial charge in [0.2, 0.25) is 0 Å². The number of nitrogens with two attached hydrogens (primary N) is 2. The molecule has 0 saturated heterocycles. The van der Waals surface area contributed by atoms with Gasteiger partial charge in [-0.25, -0.2) is 0 Å². The predicted molar refractivity (Wildman–Crippen MR) is 73.6 cm³/mol. The summed E-state index contributed by atoms with van der Waals surface area (Å²) in [6.45, 7) is 13.2. The molecule has 0 fully saturated rings. The summed E-state index contributed by atoms with van der Waals surface area (Å²) >= 11 is 0. The summed E-state index contributed by atoms with van der Waals surface area (Å²) in [7, 11) is 0. The zero-order valence-corrected chi connectivity index (χ0v) is 12.4. The maximum Gasteiger partial charge on any atom is 0.112 e. The standard InChI is InChI=1S/C13H31N3O/c1-11(2,14)7-9-16(13(5,6)17)10-8-12(3,4)15/h17H,7-10,14-15H2,1-6H3. The van der Waals surface area contributed by atoms with Gasteiger partial charge in [-0.3, -0.25) is 4.90 Å². The van der Waals surface area contributed by atoms with Crippen molar-refractivity contribution < 1.29 is 5.11 Å². The Kier molecular flexibility index (Phi) is 5.60. The van der Waals surface area contributed by atoms with Crippen LogP contribution in [-0.4, -0.2) is 39.9 Å². The summed E-state index contributed by atoms with van der Waals surface area (Å²) in [4.78, 5) is 2.04. The average Bonchev–Trinajstić information content (AvgIpc) is 1.96. The van der Waals surface area contributed by atoms with Crippen LogP contribution in [0.15, 0.2) is 0 Å². The lowest BCUT2D eigenvalue weighted by Crippen LogP contribution is -2.49. The number of hydrogen-bond acceptors (Lipinski definition) is 4. The monoisotopic (exact) mass is 245 g/mol. The molecule has 0 aliphatic rings. The van der Waals surface area contributed by atoms with Crippen molar-refractivity contribution >= 4 is 0 Å². The zero-order valence-electron chi connectivity index (χ0n) is 12.4.